The van der Waals surface area contributed by atoms with Crippen LogP contribution in [0.1, 0.15) is 22.8 Å². The summed E-state index contributed by atoms with van der Waals surface area (Å²) in [6, 6.07) is 14.2. The van der Waals surface area contributed by atoms with E-state index in [2.05, 4.69) is 10.1 Å². The van der Waals surface area contributed by atoms with Gasteiger partial charge in [0.25, 0.3) is 5.91 Å². The summed E-state index contributed by atoms with van der Waals surface area (Å²) in [4.78, 5) is 28.6. The van der Waals surface area contributed by atoms with Gasteiger partial charge in [-0.3, -0.25) is 9.78 Å². The molecule has 0 saturated heterocycles. The normalized spacial score (nSPS) is 10.9. The van der Waals surface area contributed by atoms with Crippen LogP contribution in [-0.4, -0.2) is 33.2 Å². The van der Waals surface area contributed by atoms with Gasteiger partial charge >= 0.3 is 5.97 Å². The van der Waals surface area contributed by atoms with Gasteiger partial charge in [0.1, 0.15) is 17.3 Å². The number of hydrogen-bond acceptors (Lipinski definition) is 6. The number of nitrogens with zero attached hydrogens (tertiary/aromatic N) is 4. The summed E-state index contributed by atoms with van der Waals surface area (Å²) in [7, 11) is 0. The fraction of sp³-hybridized carbons (Fsp3) is 0.0952. The lowest BCUT2D eigenvalue weighted by Gasteiger charge is -2.01. The van der Waals surface area contributed by atoms with Crippen molar-refractivity contribution in [3.8, 4) is 17.3 Å². The summed E-state index contributed by atoms with van der Waals surface area (Å²) in [6.45, 7) is 1.82. The zero-order valence-corrected chi connectivity index (χ0v) is 15.1. The number of rotatable bonds is 5. The maximum absolute atomic E-state index is 12.7. The molecule has 0 aliphatic rings. The van der Waals surface area contributed by atoms with Gasteiger partial charge < -0.3 is 4.74 Å². The van der Waals surface area contributed by atoms with Gasteiger partial charge in [-0.1, -0.05) is 30.3 Å². The largest absolute Gasteiger partial charge is 0.462 e. The number of carbonyl (C=O) groups excluding carboxylic acids is 2. The third-order valence-electron chi connectivity index (χ3n) is 3.84. The molecule has 0 aliphatic heterocycles. The summed E-state index contributed by atoms with van der Waals surface area (Å²) >= 11 is 0. The molecule has 28 heavy (non-hydrogen) atoms. The molecule has 0 atom stereocenters. The van der Waals surface area contributed by atoms with Crippen molar-refractivity contribution in [3.63, 3.8) is 0 Å². The van der Waals surface area contributed by atoms with E-state index in [1.807, 2.05) is 36.4 Å². The van der Waals surface area contributed by atoms with E-state index in [-0.39, 0.29) is 18.1 Å². The molecule has 3 rings (SSSR count). The molecule has 0 saturated carbocycles. The Morgan fingerprint density at radius 3 is 2.54 bits per heavy atom. The lowest BCUT2D eigenvalue weighted by Crippen LogP contribution is -2.12. The van der Waals surface area contributed by atoms with Gasteiger partial charge in [-0.15, -0.1) is 0 Å². The summed E-state index contributed by atoms with van der Waals surface area (Å²) in [5, 5.41) is 13.7. The zero-order chi connectivity index (χ0) is 19.9. The topological polar surface area (TPSA) is 97.9 Å². The second-order valence-electron chi connectivity index (χ2n) is 5.67. The van der Waals surface area contributed by atoms with E-state index in [1.165, 1.54) is 29.3 Å². The highest BCUT2D eigenvalue weighted by Crippen LogP contribution is 2.24. The average Bonchev–Trinajstić information content (AvgIpc) is 3.16. The quantitative estimate of drug-likeness (QED) is 0.388. The van der Waals surface area contributed by atoms with Crippen LogP contribution >= 0.6 is 0 Å². The molecule has 0 bridgehead atoms. The van der Waals surface area contributed by atoms with E-state index >= 15 is 0 Å². The fourth-order valence-electron chi connectivity index (χ4n) is 2.55. The fourth-order valence-corrected chi connectivity index (χ4v) is 2.55. The second kappa shape index (κ2) is 8.56. The van der Waals surface area contributed by atoms with Crippen LogP contribution in [0.3, 0.4) is 0 Å². The molecule has 0 amide bonds. The van der Waals surface area contributed by atoms with Crippen molar-refractivity contribution in [3.05, 3.63) is 77.8 Å². The SMILES string of the molecule is CCOC(=O)/C(C#N)=C\c1cn(C(=O)c2ccncc2)nc1-c1ccccc1. The van der Waals surface area contributed by atoms with Crippen LogP contribution in [0.25, 0.3) is 17.3 Å². The molecule has 7 nitrogen and oxygen atoms in total. The Labute approximate surface area is 161 Å². The van der Waals surface area contributed by atoms with Gasteiger partial charge in [0.15, 0.2) is 0 Å². The van der Waals surface area contributed by atoms with Gasteiger partial charge in [-0.2, -0.15) is 10.4 Å². The van der Waals surface area contributed by atoms with E-state index in [4.69, 9.17) is 4.74 Å². The molecule has 2 heterocycles. The van der Waals surface area contributed by atoms with Crippen molar-refractivity contribution in [2.45, 2.75) is 6.92 Å². The van der Waals surface area contributed by atoms with Gasteiger partial charge in [0.2, 0.25) is 0 Å². The minimum atomic E-state index is -0.725. The first-order valence-electron chi connectivity index (χ1n) is 8.52. The molecule has 0 N–H and O–H groups in total. The van der Waals surface area contributed by atoms with Crippen molar-refractivity contribution in [2.75, 3.05) is 6.61 Å². The predicted octanol–water partition coefficient (Wildman–Crippen LogP) is 3.10. The number of carbonyl (C=O) groups is 2. The Balaban J connectivity index is 2.10. The summed E-state index contributed by atoms with van der Waals surface area (Å²) in [5.74, 6) is -1.08. The molecular formula is C21H16N4O3. The number of ether oxygens (including phenoxy) is 1. The van der Waals surface area contributed by atoms with E-state index in [0.29, 0.717) is 16.8 Å². The Hall–Kier alpha value is -4.05. The highest BCUT2D eigenvalue weighted by molar-refractivity contribution is 6.00. The summed E-state index contributed by atoms with van der Waals surface area (Å²) < 4.78 is 6.09. The zero-order valence-electron chi connectivity index (χ0n) is 15.1. The van der Waals surface area contributed by atoms with Crippen molar-refractivity contribution in [1.82, 2.24) is 14.8 Å². The van der Waals surface area contributed by atoms with Gasteiger partial charge in [-0.05, 0) is 25.1 Å². The first kappa shape index (κ1) is 18.7. The van der Waals surface area contributed by atoms with Crippen LogP contribution in [0.2, 0.25) is 0 Å². The molecule has 0 aliphatic carbocycles. The molecule has 0 fully saturated rings. The van der Waals surface area contributed by atoms with Gasteiger partial charge in [0, 0.05) is 35.3 Å². The van der Waals surface area contributed by atoms with Gasteiger partial charge in [0.05, 0.1) is 6.61 Å². The number of esters is 1. The van der Waals surface area contributed by atoms with E-state index in [1.54, 1.807) is 19.1 Å². The number of benzene rings is 1. The molecule has 1 aromatic carbocycles. The Morgan fingerprint density at radius 2 is 1.89 bits per heavy atom. The van der Waals surface area contributed by atoms with Crippen LogP contribution in [0.15, 0.2) is 66.6 Å². The van der Waals surface area contributed by atoms with Crippen LogP contribution in [0.5, 0.6) is 0 Å². The van der Waals surface area contributed by atoms with Crippen LogP contribution in [0, 0.1) is 11.3 Å². The van der Waals surface area contributed by atoms with Gasteiger partial charge in [-0.25, -0.2) is 9.48 Å². The third kappa shape index (κ3) is 4.02. The summed E-state index contributed by atoms with van der Waals surface area (Å²) in [5.41, 5.74) is 1.92. The van der Waals surface area contributed by atoms with Crippen LogP contribution in [-0.2, 0) is 9.53 Å². The molecule has 138 valence electrons. The minimum Gasteiger partial charge on any atom is -0.462 e. The maximum Gasteiger partial charge on any atom is 0.348 e. The van der Waals surface area contributed by atoms with Crippen LogP contribution in [0.4, 0.5) is 0 Å². The number of pyridine rings is 1. The standard InChI is InChI=1S/C21H16N4O3/c1-2-28-21(27)17(13-22)12-18-14-25(20(26)16-8-10-23-11-9-16)24-19(18)15-6-4-3-5-7-15/h3-12,14H,2H2,1H3/b17-12-. The Kier molecular flexibility index (Phi) is 5.72. The van der Waals surface area contributed by atoms with E-state index in [0.717, 1.165) is 5.56 Å². The highest BCUT2D eigenvalue weighted by Gasteiger charge is 2.18. The van der Waals surface area contributed by atoms with E-state index in [9.17, 15) is 14.9 Å². The predicted molar refractivity (Wildman–Crippen MR) is 102 cm³/mol. The monoisotopic (exact) mass is 372 g/mol. The van der Waals surface area contributed by atoms with Crippen molar-refractivity contribution in [1.29, 1.82) is 5.26 Å². The number of hydrogen-bond donors (Lipinski definition) is 0. The molecule has 0 unspecified atom stereocenters. The number of nitriles is 1. The smallest absolute Gasteiger partial charge is 0.348 e. The molecule has 2 aromatic heterocycles. The molecular weight excluding hydrogens is 356 g/mol. The second-order valence-corrected chi connectivity index (χ2v) is 5.67. The number of aromatic nitrogens is 3. The van der Waals surface area contributed by atoms with Crippen molar-refractivity contribution < 1.29 is 14.3 Å². The molecule has 0 spiro atoms. The first-order chi connectivity index (χ1) is 13.6. The minimum absolute atomic E-state index is 0.156. The first-order valence-corrected chi connectivity index (χ1v) is 8.52. The Morgan fingerprint density at radius 1 is 1.18 bits per heavy atom. The maximum atomic E-state index is 12.7. The van der Waals surface area contributed by atoms with E-state index < -0.39 is 5.97 Å². The molecule has 3 aromatic rings. The van der Waals surface area contributed by atoms with Crippen molar-refractivity contribution in [2.24, 2.45) is 0 Å². The van der Waals surface area contributed by atoms with Crippen LogP contribution < -0.4 is 0 Å². The lowest BCUT2D eigenvalue weighted by molar-refractivity contribution is -0.137. The summed E-state index contributed by atoms with van der Waals surface area (Å²) in [6.07, 6.45) is 5.90. The molecule has 0 radical (unpaired) electrons. The lowest BCUT2D eigenvalue weighted by atomic mass is 10.1. The highest BCUT2D eigenvalue weighted by atomic mass is 16.5. The molecule has 7 heteroatoms. The third-order valence-corrected chi connectivity index (χ3v) is 3.84. The Bertz CT molecular complexity index is 1060. The van der Waals surface area contributed by atoms with Crippen molar-refractivity contribution >= 4 is 18.0 Å². The average molecular weight is 372 g/mol.